The van der Waals surface area contributed by atoms with E-state index in [9.17, 15) is 14.7 Å². The van der Waals surface area contributed by atoms with E-state index in [4.69, 9.17) is 4.74 Å². The molecule has 1 aliphatic heterocycles. The third-order valence-electron chi connectivity index (χ3n) is 6.14. The molecule has 4 aromatic rings. The summed E-state index contributed by atoms with van der Waals surface area (Å²) in [6, 6.07) is 21.8. The molecule has 1 N–H and O–H groups in total. The molecule has 2 aromatic carbocycles. The maximum Gasteiger partial charge on any atom is 0.295 e. The lowest BCUT2D eigenvalue weighted by atomic mass is 9.98. The first-order chi connectivity index (χ1) is 17.5. The molecule has 0 aliphatic carbocycles. The summed E-state index contributed by atoms with van der Waals surface area (Å²) in [5, 5.41) is 13.2. The standard InChI is InChI=1S/C29H24N2O4S/c1-19-16-22(9-10-23(19)35-18-21-6-3-2-4-7-21)27(32)25-26(24-8-5-15-36-24)31(29(34)28(25)33)17-20-11-13-30-14-12-20/h2-16,26,32H,17-18H2,1H3/b27-25-. The molecule has 180 valence electrons. The molecule has 1 amide bonds. The second-order valence-electron chi connectivity index (χ2n) is 8.55. The van der Waals surface area contributed by atoms with Crippen LogP contribution >= 0.6 is 11.3 Å². The Kier molecular flexibility index (Phi) is 6.64. The van der Waals surface area contributed by atoms with Crippen molar-refractivity contribution in [2.24, 2.45) is 0 Å². The first kappa shape index (κ1) is 23.5. The summed E-state index contributed by atoms with van der Waals surface area (Å²) in [4.78, 5) is 32.6. The van der Waals surface area contributed by atoms with Crippen molar-refractivity contribution in [3.8, 4) is 5.75 Å². The van der Waals surface area contributed by atoms with E-state index in [0.29, 0.717) is 17.9 Å². The number of ketones is 1. The molecule has 2 aromatic heterocycles. The molecule has 3 heterocycles. The van der Waals surface area contributed by atoms with E-state index in [0.717, 1.165) is 21.6 Å². The minimum atomic E-state index is -0.693. The summed E-state index contributed by atoms with van der Waals surface area (Å²) in [7, 11) is 0. The lowest BCUT2D eigenvalue weighted by Crippen LogP contribution is -2.28. The van der Waals surface area contributed by atoms with Crippen LogP contribution in [0.5, 0.6) is 5.75 Å². The number of rotatable bonds is 7. The van der Waals surface area contributed by atoms with E-state index in [-0.39, 0.29) is 17.9 Å². The molecule has 1 saturated heterocycles. The number of amides is 1. The first-order valence-corrected chi connectivity index (χ1v) is 12.4. The van der Waals surface area contributed by atoms with Gasteiger partial charge in [0.25, 0.3) is 11.7 Å². The molecule has 0 radical (unpaired) electrons. The largest absolute Gasteiger partial charge is 0.507 e. The third-order valence-corrected chi connectivity index (χ3v) is 7.07. The van der Waals surface area contributed by atoms with Gasteiger partial charge >= 0.3 is 0 Å². The number of ether oxygens (including phenoxy) is 1. The van der Waals surface area contributed by atoms with Gasteiger partial charge in [-0.15, -0.1) is 11.3 Å². The van der Waals surface area contributed by atoms with E-state index in [1.165, 1.54) is 16.2 Å². The monoisotopic (exact) mass is 496 g/mol. The summed E-state index contributed by atoms with van der Waals surface area (Å²) in [6.45, 7) is 2.54. The zero-order chi connectivity index (χ0) is 25.1. The Morgan fingerprint density at radius 3 is 2.47 bits per heavy atom. The minimum Gasteiger partial charge on any atom is -0.507 e. The highest BCUT2D eigenvalue weighted by molar-refractivity contribution is 7.10. The number of thiophene rings is 1. The Labute approximate surface area is 213 Å². The number of likely N-dealkylation sites (tertiary alicyclic amines) is 1. The van der Waals surface area contributed by atoms with E-state index in [1.54, 1.807) is 30.6 Å². The highest BCUT2D eigenvalue weighted by Crippen LogP contribution is 2.42. The van der Waals surface area contributed by atoms with Crippen molar-refractivity contribution >= 4 is 28.8 Å². The van der Waals surface area contributed by atoms with Crippen LogP contribution in [0.4, 0.5) is 0 Å². The molecule has 0 bridgehead atoms. The van der Waals surface area contributed by atoms with Gasteiger partial charge in [-0.05, 0) is 65.4 Å². The highest BCUT2D eigenvalue weighted by Gasteiger charge is 2.46. The van der Waals surface area contributed by atoms with E-state index in [1.807, 2.05) is 66.9 Å². The number of hydrogen-bond acceptors (Lipinski definition) is 6. The van der Waals surface area contributed by atoms with Gasteiger partial charge in [-0.2, -0.15) is 0 Å². The van der Waals surface area contributed by atoms with Crippen LogP contribution in [-0.4, -0.2) is 26.7 Å². The number of pyridine rings is 1. The van der Waals surface area contributed by atoms with Crippen LogP contribution in [-0.2, 0) is 22.7 Å². The maximum atomic E-state index is 13.2. The second kappa shape index (κ2) is 10.2. The zero-order valence-electron chi connectivity index (χ0n) is 19.6. The van der Waals surface area contributed by atoms with Crippen molar-refractivity contribution < 1.29 is 19.4 Å². The van der Waals surface area contributed by atoms with Gasteiger partial charge in [0.05, 0.1) is 11.6 Å². The second-order valence-corrected chi connectivity index (χ2v) is 9.53. The fourth-order valence-electron chi connectivity index (χ4n) is 4.32. The molecule has 7 heteroatoms. The van der Waals surface area contributed by atoms with Crippen molar-refractivity contribution in [3.05, 3.63) is 123 Å². The molecular weight excluding hydrogens is 472 g/mol. The van der Waals surface area contributed by atoms with Crippen molar-refractivity contribution in [2.75, 3.05) is 0 Å². The van der Waals surface area contributed by atoms with Gasteiger partial charge in [0, 0.05) is 29.4 Å². The smallest absolute Gasteiger partial charge is 0.295 e. The third kappa shape index (κ3) is 4.65. The topological polar surface area (TPSA) is 79.7 Å². The first-order valence-electron chi connectivity index (χ1n) is 11.5. The molecule has 1 atom stereocenters. The normalized spacial score (nSPS) is 16.9. The summed E-state index contributed by atoms with van der Waals surface area (Å²) >= 11 is 1.44. The van der Waals surface area contributed by atoms with Crippen molar-refractivity contribution in [1.82, 2.24) is 9.88 Å². The summed E-state index contributed by atoms with van der Waals surface area (Å²) in [5.41, 5.74) is 3.27. The Morgan fingerprint density at radius 1 is 1.00 bits per heavy atom. The zero-order valence-corrected chi connectivity index (χ0v) is 20.4. The SMILES string of the molecule is Cc1cc(/C(O)=C2/C(=O)C(=O)N(Cc3ccncc3)C2c2cccs2)ccc1OCc1ccccc1. The van der Waals surface area contributed by atoms with Gasteiger partial charge in [0.15, 0.2) is 0 Å². The molecule has 36 heavy (non-hydrogen) atoms. The number of aromatic nitrogens is 1. The Hall–Kier alpha value is -4.23. The molecule has 0 saturated carbocycles. The van der Waals surface area contributed by atoms with E-state index >= 15 is 0 Å². The van der Waals surface area contributed by atoms with E-state index in [2.05, 4.69) is 4.98 Å². The Bertz CT molecular complexity index is 1420. The van der Waals surface area contributed by atoms with Gasteiger partial charge in [-0.1, -0.05) is 36.4 Å². The van der Waals surface area contributed by atoms with Crippen LogP contribution in [0.1, 0.15) is 33.2 Å². The van der Waals surface area contributed by atoms with Gasteiger partial charge in [0.1, 0.15) is 18.1 Å². The lowest BCUT2D eigenvalue weighted by Gasteiger charge is -2.24. The number of nitrogens with zero attached hydrogens (tertiary/aromatic N) is 2. The number of hydrogen-bond donors (Lipinski definition) is 1. The maximum absolute atomic E-state index is 13.2. The quantitative estimate of drug-likeness (QED) is 0.203. The summed E-state index contributed by atoms with van der Waals surface area (Å²) in [5.74, 6) is -0.835. The fourth-order valence-corrected chi connectivity index (χ4v) is 5.17. The van der Waals surface area contributed by atoms with Gasteiger partial charge in [-0.25, -0.2) is 0 Å². The van der Waals surface area contributed by atoms with Crippen LogP contribution < -0.4 is 4.74 Å². The van der Waals surface area contributed by atoms with Crippen molar-refractivity contribution in [1.29, 1.82) is 0 Å². The summed E-state index contributed by atoms with van der Waals surface area (Å²) in [6.07, 6.45) is 3.30. The molecule has 0 spiro atoms. The number of carbonyl (C=O) groups is 2. The predicted molar refractivity (Wildman–Crippen MR) is 138 cm³/mol. The molecule has 5 rings (SSSR count). The van der Waals surface area contributed by atoms with Crippen molar-refractivity contribution in [3.63, 3.8) is 0 Å². The number of aliphatic hydroxyl groups is 1. The average molecular weight is 497 g/mol. The van der Waals surface area contributed by atoms with Crippen LogP contribution in [0.2, 0.25) is 0 Å². The van der Waals surface area contributed by atoms with Crippen LogP contribution in [0.15, 0.2) is 96.1 Å². The Morgan fingerprint density at radius 2 is 1.78 bits per heavy atom. The molecule has 1 fully saturated rings. The van der Waals surface area contributed by atoms with Crippen LogP contribution in [0.25, 0.3) is 5.76 Å². The number of Topliss-reactive ketones (excluding diaryl/α,β-unsaturated/α-hetero) is 1. The minimum absolute atomic E-state index is 0.0915. The van der Waals surface area contributed by atoms with Crippen molar-refractivity contribution in [2.45, 2.75) is 26.1 Å². The van der Waals surface area contributed by atoms with Crippen LogP contribution in [0.3, 0.4) is 0 Å². The number of benzene rings is 2. The van der Waals surface area contributed by atoms with Gasteiger partial charge < -0.3 is 14.7 Å². The number of aryl methyl sites for hydroxylation is 1. The molecule has 1 unspecified atom stereocenters. The summed E-state index contributed by atoms with van der Waals surface area (Å²) < 4.78 is 5.95. The van der Waals surface area contributed by atoms with Crippen LogP contribution in [0, 0.1) is 6.92 Å². The van der Waals surface area contributed by atoms with Gasteiger partial charge in [-0.3, -0.25) is 14.6 Å². The lowest BCUT2D eigenvalue weighted by molar-refractivity contribution is -0.140. The molecule has 1 aliphatic rings. The Balaban J connectivity index is 1.48. The number of aliphatic hydroxyl groups excluding tert-OH is 1. The highest BCUT2D eigenvalue weighted by atomic mass is 32.1. The molecular formula is C29H24N2O4S. The average Bonchev–Trinajstić information content (AvgIpc) is 3.52. The predicted octanol–water partition coefficient (Wildman–Crippen LogP) is 5.65. The van der Waals surface area contributed by atoms with E-state index < -0.39 is 17.7 Å². The fraction of sp³-hybridized carbons (Fsp3) is 0.138. The molecule has 6 nitrogen and oxygen atoms in total. The van der Waals surface area contributed by atoms with Gasteiger partial charge in [0.2, 0.25) is 0 Å². The number of carbonyl (C=O) groups excluding carboxylic acids is 2.